The summed E-state index contributed by atoms with van der Waals surface area (Å²) in [6, 6.07) is 0. The molecule has 10 heavy (non-hydrogen) atoms. The van der Waals surface area contributed by atoms with Crippen molar-refractivity contribution < 1.29 is 0 Å². The summed E-state index contributed by atoms with van der Waals surface area (Å²) in [7, 11) is 0. The minimum absolute atomic E-state index is 0.520. The van der Waals surface area contributed by atoms with Crippen molar-refractivity contribution in [3.8, 4) is 0 Å². The predicted molar refractivity (Wildman–Crippen MR) is 46.5 cm³/mol. The van der Waals surface area contributed by atoms with Crippen molar-refractivity contribution in [2.24, 2.45) is 10.4 Å². The van der Waals surface area contributed by atoms with Crippen LogP contribution in [0, 0.1) is 5.41 Å². The third-order valence-electron chi connectivity index (χ3n) is 2.64. The van der Waals surface area contributed by atoms with Gasteiger partial charge in [0.15, 0.2) is 0 Å². The molecule has 0 bridgehead atoms. The molecule has 2 heteroatoms. The Morgan fingerprint density at radius 3 is 2.60 bits per heavy atom. The average Bonchev–Trinajstić information content (AvgIpc) is 1.87. The van der Waals surface area contributed by atoms with Gasteiger partial charge in [0.05, 0.1) is 11.7 Å². The third-order valence-corrected chi connectivity index (χ3v) is 2.77. The van der Waals surface area contributed by atoms with Crippen molar-refractivity contribution in [3.63, 3.8) is 0 Å². The summed E-state index contributed by atoms with van der Waals surface area (Å²) in [5, 5.41) is 2.43. The normalized spacial score (nSPS) is 20.9. The SMILES string of the molecule is CCC1(CN=C=S)CCC1. The third kappa shape index (κ3) is 1.44. The van der Waals surface area contributed by atoms with E-state index in [4.69, 9.17) is 0 Å². The standard InChI is InChI=1S/C8H13NS/c1-2-8(4-3-5-8)6-9-7-10/h2-6H2,1H3. The van der Waals surface area contributed by atoms with Crippen LogP contribution in [0.1, 0.15) is 32.6 Å². The van der Waals surface area contributed by atoms with Crippen LogP contribution < -0.4 is 0 Å². The Kier molecular flexibility index (Phi) is 2.58. The Labute approximate surface area is 67.5 Å². The molecule has 56 valence electrons. The summed E-state index contributed by atoms with van der Waals surface area (Å²) in [6.45, 7) is 3.14. The van der Waals surface area contributed by atoms with Crippen LogP contribution in [0.2, 0.25) is 0 Å². The number of hydrogen-bond acceptors (Lipinski definition) is 2. The Morgan fingerprint density at radius 2 is 2.30 bits per heavy atom. The van der Waals surface area contributed by atoms with E-state index in [1.165, 1.54) is 25.7 Å². The molecule has 0 saturated heterocycles. The molecule has 0 aromatic carbocycles. The zero-order valence-electron chi connectivity index (χ0n) is 6.39. The van der Waals surface area contributed by atoms with E-state index < -0.39 is 0 Å². The maximum atomic E-state index is 4.52. The molecule has 0 aliphatic heterocycles. The van der Waals surface area contributed by atoms with Crippen molar-refractivity contribution in [1.29, 1.82) is 0 Å². The molecule has 0 heterocycles. The van der Waals surface area contributed by atoms with Crippen molar-refractivity contribution in [2.45, 2.75) is 32.6 Å². The Bertz CT molecular complexity index is 149. The van der Waals surface area contributed by atoms with E-state index in [2.05, 4.69) is 29.3 Å². The highest BCUT2D eigenvalue weighted by molar-refractivity contribution is 7.78. The minimum Gasteiger partial charge on any atom is -0.232 e. The molecule has 1 aliphatic rings. The van der Waals surface area contributed by atoms with Crippen LogP contribution in [-0.2, 0) is 0 Å². The lowest BCUT2D eigenvalue weighted by molar-refractivity contribution is 0.139. The van der Waals surface area contributed by atoms with Gasteiger partial charge in [-0.3, -0.25) is 0 Å². The monoisotopic (exact) mass is 155 g/mol. The van der Waals surface area contributed by atoms with E-state index in [0.29, 0.717) is 5.41 Å². The minimum atomic E-state index is 0.520. The van der Waals surface area contributed by atoms with Crippen LogP contribution >= 0.6 is 12.2 Å². The number of nitrogens with zero attached hydrogens (tertiary/aromatic N) is 1. The first-order valence-electron chi connectivity index (χ1n) is 3.87. The first-order valence-corrected chi connectivity index (χ1v) is 4.27. The average molecular weight is 155 g/mol. The molecule has 1 saturated carbocycles. The molecule has 0 aromatic heterocycles. The van der Waals surface area contributed by atoms with Gasteiger partial charge in [0, 0.05) is 0 Å². The predicted octanol–water partition coefficient (Wildman–Crippen LogP) is 2.67. The maximum absolute atomic E-state index is 4.52. The zero-order chi connectivity index (χ0) is 7.45. The Morgan fingerprint density at radius 1 is 1.60 bits per heavy atom. The number of rotatable bonds is 3. The number of hydrogen-bond donors (Lipinski definition) is 0. The van der Waals surface area contributed by atoms with Gasteiger partial charge in [-0.15, -0.1) is 0 Å². The van der Waals surface area contributed by atoms with Crippen LogP contribution in [-0.4, -0.2) is 11.7 Å². The number of isothiocyanates is 1. The first-order chi connectivity index (χ1) is 4.83. The highest BCUT2D eigenvalue weighted by Crippen LogP contribution is 2.43. The Hall–Kier alpha value is -0.200. The van der Waals surface area contributed by atoms with E-state index >= 15 is 0 Å². The molecule has 0 aromatic rings. The molecule has 1 rings (SSSR count). The maximum Gasteiger partial charge on any atom is 0.0585 e. The van der Waals surface area contributed by atoms with Crippen LogP contribution in [0.4, 0.5) is 0 Å². The van der Waals surface area contributed by atoms with Gasteiger partial charge in [0.1, 0.15) is 0 Å². The van der Waals surface area contributed by atoms with E-state index in [-0.39, 0.29) is 0 Å². The zero-order valence-corrected chi connectivity index (χ0v) is 7.21. The van der Waals surface area contributed by atoms with Gasteiger partial charge in [0.25, 0.3) is 0 Å². The fourth-order valence-corrected chi connectivity index (χ4v) is 1.56. The fourth-order valence-electron chi connectivity index (χ4n) is 1.50. The van der Waals surface area contributed by atoms with Crippen molar-refractivity contribution in [1.82, 2.24) is 0 Å². The first kappa shape index (κ1) is 7.90. The molecule has 0 unspecified atom stereocenters. The fraction of sp³-hybridized carbons (Fsp3) is 0.875. The quantitative estimate of drug-likeness (QED) is 0.451. The summed E-state index contributed by atoms with van der Waals surface area (Å²) < 4.78 is 0. The molecular weight excluding hydrogens is 142 g/mol. The smallest absolute Gasteiger partial charge is 0.0585 e. The molecule has 1 fully saturated rings. The highest BCUT2D eigenvalue weighted by Gasteiger charge is 2.34. The van der Waals surface area contributed by atoms with Crippen molar-refractivity contribution in [3.05, 3.63) is 0 Å². The van der Waals surface area contributed by atoms with Gasteiger partial charge in [-0.25, -0.2) is 4.99 Å². The van der Waals surface area contributed by atoms with E-state index in [0.717, 1.165) is 6.54 Å². The van der Waals surface area contributed by atoms with Gasteiger partial charge < -0.3 is 0 Å². The molecule has 0 amide bonds. The van der Waals surface area contributed by atoms with Crippen molar-refractivity contribution >= 4 is 17.4 Å². The van der Waals surface area contributed by atoms with E-state index in [9.17, 15) is 0 Å². The summed E-state index contributed by atoms with van der Waals surface area (Å²) in [6.07, 6.45) is 5.29. The molecule has 1 aliphatic carbocycles. The molecular formula is C8H13NS. The van der Waals surface area contributed by atoms with Crippen LogP contribution in [0.25, 0.3) is 0 Å². The lowest BCUT2D eigenvalue weighted by Crippen LogP contribution is -2.31. The van der Waals surface area contributed by atoms with Crippen LogP contribution in [0.15, 0.2) is 4.99 Å². The van der Waals surface area contributed by atoms with E-state index in [1.807, 2.05) is 0 Å². The molecule has 1 nitrogen and oxygen atoms in total. The van der Waals surface area contributed by atoms with Gasteiger partial charge >= 0.3 is 0 Å². The van der Waals surface area contributed by atoms with Gasteiger partial charge in [-0.05, 0) is 36.9 Å². The highest BCUT2D eigenvalue weighted by atomic mass is 32.1. The topological polar surface area (TPSA) is 12.4 Å². The number of aliphatic imine (C=N–C) groups is 1. The molecule has 0 N–H and O–H groups in total. The van der Waals surface area contributed by atoms with Gasteiger partial charge in [-0.1, -0.05) is 13.3 Å². The number of thiocarbonyl (C=S) groups is 1. The molecule has 0 atom stereocenters. The molecule has 0 spiro atoms. The van der Waals surface area contributed by atoms with Crippen LogP contribution in [0.5, 0.6) is 0 Å². The second kappa shape index (κ2) is 3.27. The van der Waals surface area contributed by atoms with Crippen LogP contribution in [0.3, 0.4) is 0 Å². The summed E-state index contributed by atoms with van der Waals surface area (Å²) in [5.41, 5.74) is 0.520. The lowest BCUT2D eigenvalue weighted by Gasteiger charge is -2.39. The molecule has 0 radical (unpaired) electrons. The summed E-state index contributed by atoms with van der Waals surface area (Å²) >= 11 is 4.52. The van der Waals surface area contributed by atoms with E-state index in [1.54, 1.807) is 0 Å². The lowest BCUT2D eigenvalue weighted by atomic mass is 9.67. The second-order valence-electron chi connectivity index (χ2n) is 3.11. The Balaban J connectivity index is 2.40. The van der Waals surface area contributed by atoms with Gasteiger partial charge in [0.2, 0.25) is 0 Å². The second-order valence-corrected chi connectivity index (χ2v) is 3.30. The summed E-state index contributed by atoms with van der Waals surface area (Å²) in [5.74, 6) is 0. The summed E-state index contributed by atoms with van der Waals surface area (Å²) in [4.78, 5) is 4.00. The van der Waals surface area contributed by atoms with Crippen molar-refractivity contribution in [2.75, 3.05) is 6.54 Å². The largest absolute Gasteiger partial charge is 0.232 e. The van der Waals surface area contributed by atoms with Gasteiger partial charge in [-0.2, -0.15) is 0 Å².